The van der Waals surface area contributed by atoms with Crippen LogP contribution in [0.5, 0.6) is 0 Å². The van der Waals surface area contributed by atoms with Crippen LogP contribution in [0.25, 0.3) is 0 Å². The summed E-state index contributed by atoms with van der Waals surface area (Å²) in [4.78, 5) is 4.42. The average molecular weight is 228 g/mol. The molecule has 0 spiro atoms. The lowest BCUT2D eigenvalue weighted by atomic mass is 10.5. The van der Waals surface area contributed by atoms with Crippen molar-refractivity contribution in [2.75, 3.05) is 12.3 Å². The number of hydrogen-bond donors (Lipinski definition) is 1. The summed E-state index contributed by atoms with van der Waals surface area (Å²) >= 11 is 3.64. The SMILES string of the molecule is Cc1csc(SCCCNC2CC2)n1. The Hall–Kier alpha value is -0.0600. The summed E-state index contributed by atoms with van der Waals surface area (Å²) in [5.74, 6) is 1.19. The van der Waals surface area contributed by atoms with Gasteiger partial charge in [0.05, 0.1) is 0 Å². The molecule has 1 saturated carbocycles. The molecule has 0 amide bonds. The van der Waals surface area contributed by atoms with E-state index in [1.54, 1.807) is 11.3 Å². The van der Waals surface area contributed by atoms with Crippen LogP contribution in [0.4, 0.5) is 0 Å². The Morgan fingerprint density at radius 3 is 3.14 bits per heavy atom. The molecule has 1 aliphatic rings. The molecule has 1 aromatic heterocycles. The summed E-state index contributed by atoms with van der Waals surface area (Å²) in [6, 6.07) is 0.849. The van der Waals surface area contributed by atoms with Gasteiger partial charge in [0.1, 0.15) is 4.34 Å². The van der Waals surface area contributed by atoms with Crippen LogP contribution in [0.3, 0.4) is 0 Å². The van der Waals surface area contributed by atoms with Crippen molar-refractivity contribution in [3.63, 3.8) is 0 Å². The van der Waals surface area contributed by atoms with E-state index in [0.29, 0.717) is 0 Å². The van der Waals surface area contributed by atoms with Gasteiger partial charge in [0, 0.05) is 22.9 Å². The molecule has 1 N–H and O–H groups in total. The van der Waals surface area contributed by atoms with Gasteiger partial charge < -0.3 is 5.32 Å². The molecule has 0 aliphatic heterocycles. The van der Waals surface area contributed by atoms with Gasteiger partial charge in [-0.15, -0.1) is 11.3 Å². The smallest absolute Gasteiger partial charge is 0.150 e. The summed E-state index contributed by atoms with van der Waals surface area (Å²) in [5, 5.41) is 5.63. The zero-order valence-corrected chi connectivity index (χ0v) is 10.1. The van der Waals surface area contributed by atoms with Gasteiger partial charge in [-0.2, -0.15) is 0 Å². The molecule has 2 nitrogen and oxygen atoms in total. The zero-order valence-electron chi connectivity index (χ0n) is 8.45. The van der Waals surface area contributed by atoms with E-state index in [1.807, 2.05) is 11.8 Å². The first-order valence-electron chi connectivity index (χ1n) is 5.13. The van der Waals surface area contributed by atoms with Crippen molar-refractivity contribution >= 4 is 23.1 Å². The van der Waals surface area contributed by atoms with Crippen LogP contribution in [0.1, 0.15) is 25.0 Å². The van der Waals surface area contributed by atoms with Crippen molar-refractivity contribution in [1.29, 1.82) is 0 Å². The molecule has 1 fully saturated rings. The molecule has 4 heteroatoms. The minimum Gasteiger partial charge on any atom is -0.314 e. The van der Waals surface area contributed by atoms with Crippen LogP contribution in [-0.4, -0.2) is 23.3 Å². The predicted octanol–water partition coefficient (Wildman–Crippen LogP) is 2.69. The van der Waals surface area contributed by atoms with E-state index in [-0.39, 0.29) is 0 Å². The predicted molar refractivity (Wildman–Crippen MR) is 63.2 cm³/mol. The Labute approximate surface area is 93.5 Å². The number of hydrogen-bond acceptors (Lipinski definition) is 4. The average Bonchev–Trinajstić information content (AvgIpc) is 2.89. The molecule has 2 rings (SSSR count). The Kier molecular flexibility index (Phi) is 3.84. The Morgan fingerprint density at radius 1 is 1.64 bits per heavy atom. The van der Waals surface area contributed by atoms with E-state index in [0.717, 1.165) is 11.7 Å². The summed E-state index contributed by atoms with van der Waals surface area (Å²) in [6.07, 6.45) is 4.03. The Bertz CT molecular complexity index is 281. The van der Waals surface area contributed by atoms with Crippen molar-refractivity contribution in [1.82, 2.24) is 10.3 Å². The highest BCUT2D eigenvalue weighted by atomic mass is 32.2. The molecule has 14 heavy (non-hydrogen) atoms. The third-order valence-electron chi connectivity index (χ3n) is 2.15. The van der Waals surface area contributed by atoms with E-state index >= 15 is 0 Å². The Balaban J connectivity index is 1.53. The van der Waals surface area contributed by atoms with Crippen molar-refractivity contribution in [3.8, 4) is 0 Å². The van der Waals surface area contributed by atoms with Crippen LogP contribution in [0.15, 0.2) is 9.72 Å². The fourth-order valence-corrected chi connectivity index (χ4v) is 3.08. The van der Waals surface area contributed by atoms with Crippen LogP contribution >= 0.6 is 23.1 Å². The molecule has 0 radical (unpaired) electrons. The summed E-state index contributed by atoms with van der Waals surface area (Å²) in [5.41, 5.74) is 1.15. The summed E-state index contributed by atoms with van der Waals surface area (Å²) in [7, 11) is 0. The van der Waals surface area contributed by atoms with Crippen molar-refractivity contribution in [2.24, 2.45) is 0 Å². The lowest BCUT2D eigenvalue weighted by Gasteiger charge is -2.00. The second-order valence-corrected chi connectivity index (χ2v) is 5.89. The van der Waals surface area contributed by atoms with Crippen molar-refractivity contribution in [2.45, 2.75) is 36.6 Å². The van der Waals surface area contributed by atoms with E-state index in [4.69, 9.17) is 0 Å². The maximum Gasteiger partial charge on any atom is 0.150 e. The number of aromatic nitrogens is 1. The molecule has 0 atom stereocenters. The van der Waals surface area contributed by atoms with Crippen LogP contribution < -0.4 is 5.32 Å². The summed E-state index contributed by atoms with van der Waals surface area (Å²) < 4.78 is 1.22. The third-order valence-corrected chi connectivity index (χ3v) is 4.38. The van der Waals surface area contributed by atoms with E-state index in [2.05, 4.69) is 22.6 Å². The van der Waals surface area contributed by atoms with Gasteiger partial charge in [0.2, 0.25) is 0 Å². The quantitative estimate of drug-likeness (QED) is 0.598. The normalized spacial score (nSPS) is 16.1. The molecular formula is C10H16N2S2. The molecule has 1 heterocycles. The first kappa shape index (κ1) is 10.5. The van der Waals surface area contributed by atoms with Gasteiger partial charge in [-0.05, 0) is 32.7 Å². The van der Waals surface area contributed by atoms with E-state index in [9.17, 15) is 0 Å². The molecular weight excluding hydrogens is 212 g/mol. The van der Waals surface area contributed by atoms with Gasteiger partial charge in [0.15, 0.2) is 0 Å². The standard InChI is InChI=1S/C10H16N2S2/c1-8-7-14-10(12-8)13-6-2-5-11-9-3-4-9/h7,9,11H,2-6H2,1H3. The number of thioether (sulfide) groups is 1. The molecule has 0 aromatic carbocycles. The highest BCUT2D eigenvalue weighted by Crippen LogP contribution is 2.23. The maximum absolute atomic E-state index is 4.42. The largest absolute Gasteiger partial charge is 0.314 e. The van der Waals surface area contributed by atoms with Crippen LogP contribution in [0.2, 0.25) is 0 Å². The monoisotopic (exact) mass is 228 g/mol. The van der Waals surface area contributed by atoms with Gasteiger partial charge in [0.25, 0.3) is 0 Å². The number of nitrogens with zero attached hydrogens (tertiary/aromatic N) is 1. The first-order valence-corrected chi connectivity index (χ1v) is 6.99. The molecule has 1 aliphatic carbocycles. The highest BCUT2D eigenvalue weighted by molar-refractivity contribution is 8.00. The molecule has 78 valence electrons. The lowest BCUT2D eigenvalue weighted by molar-refractivity contribution is 0.674. The van der Waals surface area contributed by atoms with Gasteiger partial charge in [-0.1, -0.05) is 11.8 Å². The minimum atomic E-state index is 0.849. The number of aryl methyl sites for hydroxylation is 1. The summed E-state index contributed by atoms with van der Waals surface area (Å²) in [6.45, 7) is 3.22. The third kappa shape index (κ3) is 3.59. The lowest BCUT2D eigenvalue weighted by Crippen LogP contribution is -2.17. The highest BCUT2D eigenvalue weighted by Gasteiger charge is 2.19. The van der Waals surface area contributed by atoms with Gasteiger partial charge in [-0.25, -0.2) is 4.98 Å². The van der Waals surface area contributed by atoms with Crippen molar-refractivity contribution < 1.29 is 0 Å². The number of thiazole rings is 1. The minimum absolute atomic E-state index is 0.849. The van der Waals surface area contributed by atoms with Gasteiger partial charge >= 0.3 is 0 Å². The van der Waals surface area contributed by atoms with E-state index < -0.39 is 0 Å². The van der Waals surface area contributed by atoms with Crippen LogP contribution in [-0.2, 0) is 0 Å². The fraction of sp³-hybridized carbons (Fsp3) is 0.700. The maximum atomic E-state index is 4.42. The van der Waals surface area contributed by atoms with E-state index in [1.165, 1.54) is 35.9 Å². The molecule has 0 saturated heterocycles. The molecule has 0 bridgehead atoms. The fourth-order valence-electron chi connectivity index (χ4n) is 1.22. The van der Waals surface area contributed by atoms with Crippen molar-refractivity contribution in [3.05, 3.63) is 11.1 Å². The topological polar surface area (TPSA) is 24.9 Å². The van der Waals surface area contributed by atoms with Gasteiger partial charge in [-0.3, -0.25) is 0 Å². The second kappa shape index (κ2) is 5.14. The molecule has 1 aromatic rings. The first-order chi connectivity index (χ1) is 6.84. The van der Waals surface area contributed by atoms with Crippen LogP contribution in [0, 0.1) is 6.92 Å². The molecule has 0 unspecified atom stereocenters. The Morgan fingerprint density at radius 2 is 2.50 bits per heavy atom. The number of nitrogens with one attached hydrogen (secondary N) is 1. The number of rotatable bonds is 6. The zero-order chi connectivity index (χ0) is 9.80. The second-order valence-electron chi connectivity index (χ2n) is 3.69.